The molecule has 0 amide bonds. The standard InChI is InChI=1S/C13H15NO2/c1-9(2)16-13-6-10-4-5-14-8-11(10)7-12(13)15-3/h4-9H,1-3H3. The Morgan fingerprint density at radius 2 is 1.88 bits per heavy atom. The number of hydrogen-bond acceptors (Lipinski definition) is 3. The minimum absolute atomic E-state index is 0.133. The first-order valence-corrected chi connectivity index (χ1v) is 5.29. The summed E-state index contributed by atoms with van der Waals surface area (Å²) in [5.74, 6) is 1.52. The molecule has 0 aliphatic rings. The van der Waals surface area contributed by atoms with Crippen LogP contribution < -0.4 is 9.47 Å². The predicted octanol–water partition coefficient (Wildman–Crippen LogP) is 3.03. The lowest BCUT2D eigenvalue weighted by Gasteiger charge is -2.14. The molecular weight excluding hydrogens is 202 g/mol. The highest BCUT2D eigenvalue weighted by Crippen LogP contribution is 2.32. The maximum Gasteiger partial charge on any atom is 0.162 e. The van der Waals surface area contributed by atoms with Crippen LogP contribution in [0.1, 0.15) is 13.8 Å². The van der Waals surface area contributed by atoms with E-state index in [2.05, 4.69) is 4.98 Å². The van der Waals surface area contributed by atoms with Crippen LogP contribution in [0, 0.1) is 0 Å². The first-order chi connectivity index (χ1) is 7.70. The minimum Gasteiger partial charge on any atom is -0.493 e. The van der Waals surface area contributed by atoms with E-state index in [4.69, 9.17) is 9.47 Å². The summed E-state index contributed by atoms with van der Waals surface area (Å²) in [6.07, 6.45) is 3.72. The van der Waals surface area contributed by atoms with Gasteiger partial charge in [0.25, 0.3) is 0 Å². The second-order valence-corrected chi connectivity index (χ2v) is 3.89. The molecule has 0 aliphatic carbocycles. The summed E-state index contributed by atoms with van der Waals surface area (Å²) in [7, 11) is 1.64. The second-order valence-electron chi connectivity index (χ2n) is 3.89. The summed E-state index contributed by atoms with van der Waals surface area (Å²) in [6, 6.07) is 5.89. The van der Waals surface area contributed by atoms with Gasteiger partial charge in [-0.1, -0.05) is 0 Å². The number of aromatic nitrogens is 1. The first-order valence-electron chi connectivity index (χ1n) is 5.29. The molecule has 0 saturated heterocycles. The third-order valence-corrected chi connectivity index (χ3v) is 2.29. The molecule has 3 heteroatoms. The molecule has 2 aromatic rings. The zero-order valence-electron chi connectivity index (χ0n) is 9.73. The Balaban J connectivity index is 2.53. The number of hydrogen-bond donors (Lipinski definition) is 0. The van der Waals surface area contributed by atoms with Gasteiger partial charge >= 0.3 is 0 Å². The largest absolute Gasteiger partial charge is 0.493 e. The van der Waals surface area contributed by atoms with Crippen molar-refractivity contribution in [2.24, 2.45) is 0 Å². The monoisotopic (exact) mass is 217 g/mol. The topological polar surface area (TPSA) is 31.4 Å². The molecule has 1 aromatic heterocycles. The van der Waals surface area contributed by atoms with Crippen LogP contribution in [0.25, 0.3) is 10.8 Å². The van der Waals surface area contributed by atoms with Gasteiger partial charge in [-0.2, -0.15) is 0 Å². The fraction of sp³-hybridized carbons (Fsp3) is 0.308. The number of pyridine rings is 1. The predicted molar refractivity (Wildman–Crippen MR) is 64.1 cm³/mol. The zero-order valence-corrected chi connectivity index (χ0v) is 9.73. The van der Waals surface area contributed by atoms with Crippen molar-refractivity contribution in [3.63, 3.8) is 0 Å². The molecule has 0 fully saturated rings. The molecule has 0 unspecified atom stereocenters. The van der Waals surface area contributed by atoms with Crippen LogP contribution >= 0.6 is 0 Å². The maximum atomic E-state index is 5.70. The van der Waals surface area contributed by atoms with E-state index in [1.54, 1.807) is 13.3 Å². The van der Waals surface area contributed by atoms with Crippen molar-refractivity contribution in [3.05, 3.63) is 30.6 Å². The van der Waals surface area contributed by atoms with Gasteiger partial charge in [0.15, 0.2) is 11.5 Å². The Morgan fingerprint density at radius 1 is 1.12 bits per heavy atom. The summed E-state index contributed by atoms with van der Waals surface area (Å²) < 4.78 is 11.0. The third-order valence-electron chi connectivity index (χ3n) is 2.29. The fourth-order valence-corrected chi connectivity index (χ4v) is 1.60. The Morgan fingerprint density at radius 3 is 2.56 bits per heavy atom. The van der Waals surface area contributed by atoms with Crippen LogP contribution in [-0.2, 0) is 0 Å². The van der Waals surface area contributed by atoms with E-state index in [0.29, 0.717) is 0 Å². The van der Waals surface area contributed by atoms with E-state index in [0.717, 1.165) is 22.3 Å². The smallest absolute Gasteiger partial charge is 0.162 e. The van der Waals surface area contributed by atoms with Crippen molar-refractivity contribution in [3.8, 4) is 11.5 Å². The highest BCUT2D eigenvalue weighted by molar-refractivity contribution is 5.85. The molecule has 3 nitrogen and oxygen atoms in total. The lowest BCUT2D eigenvalue weighted by molar-refractivity contribution is 0.230. The van der Waals surface area contributed by atoms with Gasteiger partial charge in [0.2, 0.25) is 0 Å². The summed E-state index contributed by atoms with van der Waals surface area (Å²) in [6.45, 7) is 3.99. The van der Waals surface area contributed by atoms with Gasteiger partial charge in [-0.15, -0.1) is 0 Å². The molecule has 84 valence electrons. The lowest BCUT2D eigenvalue weighted by Crippen LogP contribution is -2.06. The number of rotatable bonds is 3. The van der Waals surface area contributed by atoms with Crippen LogP contribution in [-0.4, -0.2) is 18.2 Å². The number of benzene rings is 1. The Hall–Kier alpha value is -1.77. The number of fused-ring (bicyclic) bond motifs is 1. The summed E-state index contributed by atoms with van der Waals surface area (Å²) in [4.78, 5) is 4.08. The quantitative estimate of drug-likeness (QED) is 0.791. The average molecular weight is 217 g/mol. The summed E-state index contributed by atoms with van der Waals surface area (Å²) >= 11 is 0. The number of ether oxygens (including phenoxy) is 2. The maximum absolute atomic E-state index is 5.70. The second kappa shape index (κ2) is 4.39. The van der Waals surface area contributed by atoms with E-state index in [1.807, 2.05) is 38.2 Å². The Bertz CT molecular complexity index is 494. The van der Waals surface area contributed by atoms with Gasteiger partial charge < -0.3 is 9.47 Å². The van der Waals surface area contributed by atoms with E-state index in [-0.39, 0.29) is 6.10 Å². The Kier molecular flexibility index (Phi) is 2.95. The molecule has 1 aromatic carbocycles. The van der Waals surface area contributed by atoms with Crippen LogP contribution in [0.2, 0.25) is 0 Å². The van der Waals surface area contributed by atoms with Crippen LogP contribution in [0.5, 0.6) is 11.5 Å². The van der Waals surface area contributed by atoms with Gasteiger partial charge in [-0.05, 0) is 37.4 Å². The average Bonchev–Trinajstić information content (AvgIpc) is 2.27. The fourth-order valence-electron chi connectivity index (χ4n) is 1.60. The van der Waals surface area contributed by atoms with Gasteiger partial charge in [-0.3, -0.25) is 4.98 Å². The Labute approximate surface area is 95.0 Å². The minimum atomic E-state index is 0.133. The van der Waals surface area contributed by atoms with Crippen molar-refractivity contribution in [1.29, 1.82) is 0 Å². The lowest BCUT2D eigenvalue weighted by atomic mass is 10.1. The molecule has 0 atom stereocenters. The van der Waals surface area contributed by atoms with Crippen LogP contribution in [0.15, 0.2) is 30.6 Å². The molecule has 0 bridgehead atoms. The number of methoxy groups -OCH3 is 1. The van der Waals surface area contributed by atoms with E-state index >= 15 is 0 Å². The normalized spacial score (nSPS) is 10.8. The zero-order chi connectivity index (χ0) is 11.5. The molecule has 0 saturated carbocycles. The van der Waals surface area contributed by atoms with Gasteiger partial charge in [0.1, 0.15) is 0 Å². The molecular formula is C13H15NO2. The molecule has 16 heavy (non-hydrogen) atoms. The highest BCUT2D eigenvalue weighted by atomic mass is 16.5. The van der Waals surface area contributed by atoms with Crippen molar-refractivity contribution < 1.29 is 9.47 Å². The van der Waals surface area contributed by atoms with Gasteiger partial charge in [0.05, 0.1) is 13.2 Å². The molecule has 0 aliphatic heterocycles. The third kappa shape index (κ3) is 2.08. The SMILES string of the molecule is COc1cc2cnccc2cc1OC(C)C. The molecule has 1 heterocycles. The van der Waals surface area contributed by atoms with Crippen LogP contribution in [0.3, 0.4) is 0 Å². The van der Waals surface area contributed by atoms with Crippen molar-refractivity contribution in [1.82, 2.24) is 4.98 Å². The molecule has 0 radical (unpaired) electrons. The van der Waals surface area contributed by atoms with Crippen molar-refractivity contribution in [2.75, 3.05) is 7.11 Å². The molecule has 0 N–H and O–H groups in total. The van der Waals surface area contributed by atoms with Crippen molar-refractivity contribution in [2.45, 2.75) is 20.0 Å². The molecule has 2 rings (SSSR count). The van der Waals surface area contributed by atoms with Gasteiger partial charge in [-0.25, -0.2) is 0 Å². The van der Waals surface area contributed by atoms with Crippen LogP contribution in [0.4, 0.5) is 0 Å². The molecule has 0 spiro atoms. The number of nitrogens with zero attached hydrogens (tertiary/aromatic N) is 1. The van der Waals surface area contributed by atoms with E-state index in [1.165, 1.54) is 0 Å². The van der Waals surface area contributed by atoms with E-state index < -0.39 is 0 Å². The summed E-state index contributed by atoms with van der Waals surface area (Å²) in [5, 5.41) is 2.15. The highest BCUT2D eigenvalue weighted by Gasteiger charge is 2.08. The first kappa shape index (κ1) is 10.7. The van der Waals surface area contributed by atoms with Gasteiger partial charge in [0, 0.05) is 17.8 Å². The summed E-state index contributed by atoms with van der Waals surface area (Å²) in [5.41, 5.74) is 0. The van der Waals surface area contributed by atoms with Crippen molar-refractivity contribution >= 4 is 10.8 Å². The van der Waals surface area contributed by atoms with E-state index in [9.17, 15) is 0 Å².